The van der Waals surface area contributed by atoms with Crippen molar-refractivity contribution in [3.63, 3.8) is 0 Å². The Morgan fingerprint density at radius 2 is 1.62 bits per heavy atom. The Balaban J connectivity index is 1.91. The first-order valence-electron chi connectivity index (χ1n) is 6.25. The zero-order chi connectivity index (χ0) is 15.2. The van der Waals surface area contributed by atoms with Crippen LogP contribution in [0.5, 0.6) is 0 Å². The van der Waals surface area contributed by atoms with Crippen molar-refractivity contribution in [3.05, 3.63) is 64.7 Å². The minimum absolute atomic E-state index is 0.347. The second-order valence-electron chi connectivity index (χ2n) is 4.97. The summed E-state index contributed by atoms with van der Waals surface area (Å²) in [7, 11) is 0. The lowest BCUT2D eigenvalue weighted by Gasteiger charge is -2.12. The molecule has 2 aromatic carbocycles. The zero-order valence-electron chi connectivity index (χ0n) is 10.6. The lowest BCUT2D eigenvalue weighted by atomic mass is 10.0. The van der Waals surface area contributed by atoms with Crippen molar-refractivity contribution in [1.82, 2.24) is 0 Å². The van der Waals surface area contributed by atoms with Gasteiger partial charge in [-0.05, 0) is 41.8 Å². The molecule has 3 rings (SSSR count). The van der Waals surface area contributed by atoms with E-state index in [1.165, 1.54) is 18.2 Å². The predicted molar refractivity (Wildman–Crippen MR) is 67.9 cm³/mol. The van der Waals surface area contributed by atoms with Crippen LogP contribution >= 0.6 is 0 Å². The van der Waals surface area contributed by atoms with Gasteiger partial charge in [-0.3, -0.25) is 0 Å². The van der Waals surface area contributed by atoms with Gasteiger partial charge in [-0.1, -0.05) is 6.07 Å². The molecule has 1 heterocycles. The molecule has 0 saturated heterocycles. The van der Waals surface area contributed by atoms with Gasteiger partial charge in [0.15, 0.2) is 0 Å². The summed E-state index contributed by atoms with van der Waals surface area (Å²) in [6, 6.07) is 6.09. The number of benzene rings is 2. The van der Waals surface area contributed by atoms with Crippen LogP contribution in [0.1, 0.15) is 22.7 Å². The number of anilines is 1. The van der Waals surface area contributed by atoms with E-state index in [-0.39, 0.29) is 0 Å². The van der Waals surface area contributed by atoms with Gasteiger partial charge in [0.2, 0.25) is 0 Å². The van der Waals surface area contributed by atoms with E-state index in [0.717, 1.165) is 18.2 Å². The van der Waals surface area contributed by atoms with Crippen molar-refractivity contribution in [3.8, 4) is 0 Å². The van der Waals surface area contributed by atoms with Crippen molar-refractivity contribution < 1.29 is 22.0 Å². The molecule has 1 nitrogen and oxygen atoms in total. The quantitative estimate of drug-likeness (QED) is 0.753. The van der Waals surface area contributed by atoms with Crippen molar-refractivity contribution in [2.45, 2.75) is 18.6 Å². The highest BCUT2D eigenvalue weighted by Gasteiger charge is 2.32. The van der Waals surface area contributed by atoms with E-state index in [4.69, 9.17) is 0 Å². The molecule has 1 N–H and O–H groups in total. The van der Waals surface area contributed by atoms with Gasteiger partial charge in [-0.25, -0.2) is 8.78 Å². The number of halogens is 5. The molecule has 2 aromatic rings. The molecule has 110 valence electrons. The predicted octanol–water partition coefficient (Wildman–Crippen LogP) is 4.69. The van der Waals surface area contributed by atoms with E-state index in [0.29, 0.717) is 23.2 Å². The van der Waals surface area contributed by atoms with Crippen LogP contribution in [0.15, 0.2) is 36.4 Å². The maximum absolute atomic E-state index is 13.2. The average molecular weight is 299 g/mol. The Bertz CT molecular complexity index is 673. The van der Waals surface area contributed by atoms with Crippen molar-refractivity contribution in [2.24, 2.45) is 0 Å². The van der Waals surface area contributed by atoms with E-state index in [9.17, 15) is 22.0 Å². The first-order chi connectivity index (χ1) is 9.83. The molecule has 0 aliphatic carbocycles. The summed E-state index contributed by atoms with van der Waals surface area (Å²) < 4.78 is 64.4. The summed E-state index contributed by atoms with van der Waals surface area (Å²) in [5.41, 5.74) is 0.661. The molecule has 0 aromatic heterocycles. The highest BCUT2D eigenvalue weighted by molar-refractivity contribution is 5.60. The third-order valence-corrected chi connectivity index (χ3v) is 3.48. The van der Waals surface area contributed by atoms with Crippen molar-refractivity contribution in [2.75, 3.05) is 5.32 Å². The van der Waals surface area contributed by atoms with E-state index < -0.39 is 29.4 Å². The molecule has 0 fully saturated rings. The van der Waals surface area contributed by atoms with Gasteiger partial charge in [0.05, 0.1) is 11.6 Å². The lowest BCUT2D eigenvalue weighted by Crippen LogP contribution is -2.07. The topological polar surface area (TPSA) is 12.0 Å². The van der Waals surface area contributed by atoms with Crippen LogP contribution in [-0.2, 0) is 12.6 Å². The van der Waals surface area contributed by atoms with E-state index in [2.05, 4.69) is 5.32 Å². The third kappa shape index (κ3) is 2.70. The second-order valence-corrected chi connectivity index (χ2v) is 4.97. The summed E-state index contributed by atoms with van der Waals surface area (Å²) in [4.78, 5) is 0. The van der Waals surface area contributed by atoms with Gasteiger partial charge in [0.25, 0.3) is 0 Å². The van der Waals surface area contributed by atoms with Crippen LogP contribution in [0.3, 0.4) is 0 Å². The smallest absolute Gasteiger partial charge is 0.378 e. The molecule has 21 heavy (non-hydrogen) atoms. The summed E-state index contributed by atoms with van der Waals surface area (Å²) in [5.74, 6) is -1.42. The van der Waals surface area contributed by atoms with Crippen molar-refractivity contribution in [1.29, 1.82) is 0 Å². The van der Waals surface area contributed by atoms with Crippen molar-refractivity contribution >= 4 is 5.69 Å². The van der Waals surface area contributed by atoms with E-state index in [1.807, 2.05) is 0 Å². The van der Waals surface area contributed by atoms with Crippen LogP contribution < -0.4 is 5.32 Å². The second kappa shape index (κ2) is 4.72. The summed E-state index contributed by atoms with van der Waals surface area (Å²) >= 11 is 0. The molecule has 0 spiro atoms. The van der Waals surface area contributed by atoms with Gasteiger partial charge in [-0.2, -0.15) is 13.2 Å². The molecular weight excluding hydrogens is 289 g/mol. The zero-order valence-corrected chi connectivity index (χ0v) is 10.6. The molecule has 0 bridgehead atoms. The maximum Gasteiger partial charge on any atom is 0.416 e. The SMILES string of the molecule is Fc1cc(F)cc(C2Cc3ccc(C(F)(F)F)cc3N2)c1. The number of hydrogen-bond acceptors (Lipinski definition) is 1. The highest BCUT2D eigenvalue weighted by atomic mass is 19.4. The van der Waals surface area contributed by atoms with Gasteiger partial charge in [0, 0.05) is 11.8 Å². The van der Waals surface area contributed by atoms with Crippen LogP contribution in [0.2, 0.25) is 0 Å². The number of fused-ring (bicyclic) bond motifs is 1. The lowest BCUT2D eigenvalue weighted by molar-refractivity contribution is -0.137. The molecule has 1 atom stereocenters. The fraction of sp³-hybridized carbons (Fsp3) is 0.200. The molecule has 1 unspecified atom stereocenters. The Labute approximate surface area is 117 Å². The summed E-state index contributed by atoms with van der Waals surface area (Å²) in [5, 5.41) is 2.88. The first-order valence-corrected chi connectivity index (χ1v) is 6.25. The Kier molecular flexibility index (Phi) is 3.11. The molecule has 1 aliphatic heterocycles. The maximum atomic E-state index is 13.2. The Hall–Kier alpha value is -2.11. The normalized spacial score (nSPS) is 17.5. The highest BCUT2D eigenvalue weighted by Crippen LogP contribution is 2.38. The Morgan fingerprint density at radius 1 is 0.952 bits per heavy atom. The molecular formula is C15H10F5N. The number of hydrogen-bond donors (Lipinski definition) is 1. The summed E-state index contributed by atoms with van der Waals surface area (Å²) in [6.45, 7) is 0. The summed E-state index contributed by atoms with van der Waals surface area (Å²) in [6.07, 6.45) is -4.03. The fourth-order valence-electron chi connectivity index (χ4n) is 2.50. The molecule has 6 heteroatoms. The molecule has 0 saturated carbocycles. The van der Waals surface area contributed by atoms with Gasteiger partial charge < -0.3 is 5.32 Å². The minimum Gasteiger partial charge on any atom is -0.378 e. The van der Waals surface area contributed by atoms with Gasteiger partial charge in [-0.15, -0.1) is 0 Å². The Morgan fingerprint density at radius 3 is 2.24 bits per heavy atom. The van der Waals surface area contributed by atoms with E-state index in [1.54, 1.807) is 0 Å². The third-order valence-electron chi connectivity index (χ3n) is 3.48. The average Bonchev–Trinajstić information content (AvgIpc) is 2.79. The van der Waals surface area contributed by atoms with Crippen LogP contribution in [0.4, 0.5) is 27.6 Å². The number of alkyl halides is 3. The largest absolute Gasteiger partial charge is 0.416 e. The van der Waals surface area contributed by atoms with Crippen LogP contribution in [0.25, 0.3) is 0 Å². The standard InChI is InChI=1S/C15H10F5N/c16-11-3-9(4-12(17)7-11)13-5-8-1-2-10(15(18,19)20)6-14(8)21-13/h1-4,6-7,13,21H,5H2. The number of nitrogens with one attached hydrogen (secondary N) is 1. The number of rotatable bonds is 1. The van der Waals surface area contributed by atoms with Crippen LogP contribution in [0, 0.1) is 11.6 Å². The first kappa shape index (κ1) is 13.9. The van der Waals surface area contributed by atoms with Gasteiger partial charge >= 0.3 is 6.18 Å². The van der Waals surface area contributed by atoms with Gasteiger partial charge in [0.1, 0.15) is 11.6 Å². The van der Waals surface area contributed by atoms with Crippen LogP contribution in [-0.4, -0.2) is 0 Å². The minimum atomic E-state index is -4.42. The molecule has 1 aliphatic rings. The van der Waals surface area contributed by atoms with E-state index >= 15 is 0 Å². The monoisotopic (exact) mass is 299 g/mol. The fourth-order valence-corrected chi connectivity index (χ4v) is 2.50. The molecule has 0 radical (unpaired) electrons. The molecule has 0 amide bonds.